The molecule has 1 aromatic heterocycles. The largest absolute Gasteiger partial charge is 0.363 e. The van der Waals surface area contributed by atoms with E-state index >= 15 is 0 Å². The molecule has 0 unspecified atom stereocenters. The van der Waals surface area contributed by atoms with Crippen LogP contribution in [0.2, 0.25) is 0 Å². The summed E-state index contributed by atoms with van der Waals surface area (Å²) in [5, 5.41) is 6.06. The number of hydrogen-bond donors (Lipinski definition) is 2. The maximum absolute atomic E-state index is 12.9. The maximum Gasteiger partial charge on any atom is 0.288 e. The molecule has 1 aromatic carbocycles. The number of rotatable bonds is 3. The molecule has 0 spiro atoms. The molecule has 0 atom stereocenters. The lowest BCUT2D eigenvalue weighted by Gasteiger charge is -1.98. The molecule has 88 valence electrons. The smallest absolute Gasteiger partial charge is 0.288 e. The molecule has 17 heavy (non-hydrogen) atoms. The topological polar surface area (TPSA) is 84.7 Å². The van der Waals surface area contributed by atoms with Gasteiger partial charge in [0.05, 0.1) is 0 Å². The first kappa shape index (κ1) is 11.2. The molecule has 0 fully saturated rings. The van der Waals surface area contributed by atoms with Crippen molar-refractivity contribution in [1.82, 2.24) is 15.2 Å². The van der Waals surface area contributed by atoms with Gasteiger partial charge in [0.2, 0.25) is 5.82 Å². The van der Waals surface area contributed by atoms with Gasteiger partial charge < -0.3 is 5.73 Å². The van der Waals surface area contributed by atoms with Crippen molar-refractivity contribution in [2.75, 3.05) is 0 Å². The summed E-state index contributed by atoms with van der Waals surface area (Å²) in [5.74, 6) is -2.38. The molecule has 1 heterocycles. The predicted octanol–water partition coefficient (Wildman–Crippen LogP) is 0.773. The van der Waals surface area contributed by atoms with Gasteiger partial charge in [-0.3, -0.25) is 9.89 Å². The predicted molar refractivity (Wildman–Crippen MR) is 54.1 cm³/mol. The second kappa shape index (κ2) is 4.28. The molecule has 2 aromatic rings. The highest BCUT2D eigenvalue weighted by molar-refractivity contribution is 5.88. The van der Waals surface area contributed by atoms with Gasteiger partial charge in [0, 0.05) is 6.42 Å². The van der Waals surface area contributed by atoms with E-state index in [1.807, 2.05) is 0 Å². The van der Waals surface area contributed by atoms with Crippen LogP contribution in [0.15, 0.2) is 18.2 Å². The van der Waals surface area contributed by atoms with E-state index in [1.165, 1.54) is 6.07 Å². The molecule has 1 amide bonds. The van der Waals surface area contributed by atoms with Crippen molar-refractivity contribution in [3.05, 3.63) is 47.0 Å². The fourth-order valence-corrected chi connectivity index (χ4v) is 1.33. The van der Waals surface area contributed by atoms with Crippen LogP contribution in [0.5, 0.6) is 0 Å². The van der Waals surface area contributed by atoms with Crippen molar-refractivity contribution in [3.8, 4) is 0 Å². The molecular formula is C10H8F2N4O. The van der Waals surface area contributed by atoms with Gasteiger partial charge >= 0.3 is 0 Å². The lowest BCUT2D eigenvalue weighted by atomic mass is 10.1. The second-order valence-electron chi connectivity index (χ2n) is 3.40. The minimum absolute atomic E-state index is 0.136. The SMILES string of the molecule is NC(=O)c1n[nH]c(Cc2ccc(F)c(F)c2)n1. The molecule has 0 radical (unpaired) electrons. The van der Waals surface area contributed by atoms with Gasteiger partial charge in [-0.15, -0.1) is 5.10 Å². The Morgan fingerprint density at radius 2 is 2.12 bits per heavy atom. The molecule has 0 aliphatic rings. The van der Waals surface area contributed by atoms with Crippen LogP contribution in [0.4, 0.5) is 8.78 Å². The van der Waals surface area contributed by atoms with E-state index in [0.29, 0.717) is 11.4 Å². The summed E-state index contributed by atoms with van der Waals surface area (Å²) < 4.78 is 25.6. The van der Waals surface area contributed by atoms with E-state index in [2.05, 4.69) is 15.2 Å². The molecule has 3 N–H and O–H groups in total. The number of nitrogens with two attached hydrogens (primary N) is 1. The molecular weight excluding hydrogens is 230 g/mol. The van der Waals surface area contributed by atoms with E-state index in [-0.39, 0.29) is 12.2 Å². The first-order valence-corrected chi connectivity index (χ1v) is 4.71. The van der Waals surface area contributed by atoms with Crippen molar-refractivity contribution in [1.29, 1.82) is 0 Å². The third-order valence-corrected chi connectivity index (χ3v) is 2.11. The lowest BCUT2D eigenvalue weighted by Crippen LogP contribution is -2.12. The van der Waals surface area contributed by atoms with Gasteiger partial charge in [-0.1, -0.05) is 6.07 Å². The Balaban J connectivity index is 2.19. The highest BCUT2D eigenvalue weighted by atomic mass is 19.2. The standard InChI is InChI=1S/C10H8F2N4O/c11-6-2-1-5(3-7(6)12)4-8-14-10(9(13)17)16-15-8/h1-3H,4H2,(H2,13,17)(H,14,15,16). The van der Waals surface area contributed by atoms with Crippen LogP contribution in [-0.4, -0.2) is 21.1 Å². The molecule has 5 nitrogen and oxygen atoms in total. The van der Waals surface area contributed by atoms with E-state index in [0.717, 1.165) is 12.1 Å². The average Bonchev–Trinajstić information content (AvgIpc) is 2.72. The summed E-state index contributed by atoms with van der Waals surface area (Å²) in [6.45, 7) is 0. The number of benzene rings is 1. The molecule has 0 aliphatic heterocycles. The molecule has 0 saturated carbocycles. The zero-order chi connectivity index (χ0) is 12.4. The van der Waals surface area contributed by atoms with Crippen LogP contribution in [0.3, 0.4) is 0 Å². The molecule has 0 bridgehead atoms. The summed E-state index contributed by atoms with van der Waals surface area (Å²) in [5.41, 5.74) is 5.48. The van der Waals surface area contributed by atoms with Crippen molar-refractivity contribution in [2.24, 2.45) is 5.73 Å². The minimum atomic E-state index is -0.933. The van der Waals surface area contributed by atoms with Gasteiger partial charge in [0.15, 0.2) is 11.6 Å². The van der Waals surface area contributed by atoms with Crippen molar-refractivity contribution >= 4 is 5.91 Å². The summed E-state index contributed by atoms with van der Waals surface area (Å²) in [4.78, 5) is 14.5. The van der Waals surface area contributed by atoms with Gasteiger partial charge in [-0.25, -0.2) is 13.8 Å². The van der Waals surface area contributed by atoms with Crippen LogP contribution in [0, 0.1) is 11.6 Å². The summed E-state index contributed by atoms with van der Waals surface area (Å²) in [6.07, 6.45) is 0.206. The van der Waals surface area contributed by atoms with E-state index in [1.54, 1.807) is 0 Å². The average molecular weight is 238 g/mol. The Morgan fingerprint density at radius 1 is 1.35 bits per heavy atom. The van der Waals surface area contributed by atoms with Crippen molar-refractivity contribution in [2.45, 2.75) is 6.42 Å². The Hall–Kier alpha value is -2.31. The highest BCUT2D eigenvalue weighted by Crippen LogP contribution is 2.11. The Labute approximate surface area is 94.7 Å². The molecule has 2 rings (SSSR count). The number of nitrogens with zero attached hydrogens (tertiary/aromatic N) is 2. The minimum Gasteiger partial charge on any atom is -0.363 e. The van der Waals surface area contributed by atoms with Gasteiger partial charge in [0.25, 0.3) is 5.91 Å². The van der Waals surface area contributed by atoms with Gasteiger partial charge in [-0.05, 0) is 17.7 Å². The first-order chi connectivity index (χ1) is 8.06. The molecule has 7 heteroatoms. The van der Waals surface area contributed by atoms with Gasteiger partial charge in [-0.2, -0.15) is 0 Å². The number of halogens is 2. The number of aromatic nitrogens is 3. The fraction of sp³-hybridized carbons (Fsp3) is 0.100. The Bertz CT molecular complexity index is 567. The quantitative estimate of drug-likeness (QED) is 0.828. The third kappa shape index (κ3) is 2.44. The van der Waals surface area contributed by atoms with E-state index in [4.69, 9.17) is 5.73 Å². The number of hydrogen-bond acceptors (Lipinski definition) is 3. The van der Waals surface area contributed by atoms with E-state index < -0.39 is 17.5 Å². The summed E-state index contributed by atoms with van der Waals surface area (Å²) in [7, 11) is 0. The zero-order valence-corrected chi connectivity index (χ0v) is 8.58. The number of aromatic amines is 1. The Morgan fingerprint density at radius 3 is 2.71 bits per heavy atom. The van der Waals surface area contributed by atoms with Gasteiger partial charge in [0.1, 0.15) is 5.82 Å². The third-order valence-electron chi connectivity index (χ3n) is 2.11. The highest BCUT2D eigenvalue weighted by Gasteiger charge is 2.09. The zero-order valence-electron chi connectivity index (χ0n) is 8.58. The van der Waals surface area contributed by atoms with Crippen LogP contribution in [-0.2, 0) is 6.42 Å². The summed E-state index contributed by atoms with van der Waals surface area (Å²) >= 11 is 0. The van der Waals surface area contributed by atoms with Crippen LogP contribution < -0.4 is 5.73 Å². The van der Waals surface area contributed by atoms with Crippen molar-refractivity contribution < 1.29 is 13.6 Å². The molecule has 0 saturated heterocycles. The monoisotopic (exact) mass is 238 g/mol. The second-order valence-corrected chi connectivity index (χ2v) is 3.40. The first-order valence-electron chi connectivity index (χ1n) is 4.71. The van der Waals surface area contributed by atoms with Crippen LogP contribution in [0.1, 0.15) is 22.0 Å². The van der Waals surface area contributed by atoms with E-state index in [9.17, 15) is 13.6 Å². The number of H-pyrrole nitrogens is 1. The number of carbonyl (C=O) groups is 1. The molecule has 0 aliphatic carbocycles. The summed E-state index contributed by atoms with van der Waals surface area (Å²) in [6, 6.07) is 3.50. The maximum atomic E-state index is 12.9. The van der Waals surface area contributed by atoms with Crippen LogP contribution in [0.25, 0.3) is 0 Å². The number of amides is 1. The van der Waals surface area contributed by atoms with Crippen molar-refractivity contribution in [3.63, 3.8) is 0 Å². The van der Waals surface area contributed by atoms with Crippen LogP contribution >= 0.6 is 0 Å². The number of nitrogens with one attached hydrogen (secondary N) is 1. The Kier molecular flexibility index (Phi) is 2.82. The lowest BCUT2D eigenvalue weighted by molar-refractivity contribution is 0.0991. The number of primary amides is 1. The number of carbonyl (C=O) groups excluding carboxylic acids is 1. The normalized spacial score (nSPS) is 10.5. The fourth-order valence-electron chi connectivity index (χ4n) is 1.33.